The Balaban J connectivity index is 2.83. The van der Waals surface area contributed by atoms with Crippen LogP contribution in [0.25, 0.3) is 0 Å². The number of hydrogen-bond acceptors (Lipinski definition) is 3. The summed E-state index contributed by atoms with van der Waals surface area (Å²) in [4.78, 5) is 4.06. The van der Waals surface area contributed by atoms with Crippen LogP contribution < -0.4 is 10.5 Å². The highest BCUT2D eigenvalue weighted by Gasteiger charge is 1.99. The van der Waals surface area contributed by atoms with Crippen molar-refractivity contribution >= 4 is 5.69 Å². The summed E-state index contributed by atoms with van der Waals surface area (Å²) in [6.45, 7) is 7.53. The number of hydrogen-bond donors (Lipinski definition) is 1. The van der Waals surface area contributed by atoms with Crippen LogP contribution in [0.1, 0.15) is 13.8 Å². The number of nitrogens with two attached hydrogens (primary N) is 1. The van der Waals surface area contributed by atoms with Crippen molar-refractivity contribution in [1.29, 1.82) is 0 Å². The molecule has 1 rings (SSSR count). The SMILES string of the molecule is C=C/C(C)=C\C(=C/C)Oc1cc(N)ccn1. The number of pyridine rings is 1. The lowest BCUT2D eigenvalue weighted by atomic mass is 10.2. The molecule has 3 nitrogen and oxygen atoms in total. The summed E-state index contributed by atoms with van der Waals surface area (Å²) < 4.78 is 5.56. The smallest absolute Gasteiger partial charge is 0.221 e. The van der Waals surface area contributed by atoms with Gasteiger partial charge in [-0.15, -0.1) is 0 Å². The topological polar surface area (TPSA) is 48.1 Å². The summed E-state index contributed by atoms with van der Waals surface area (Å²) >= 11 is 0. The molecule has 0 spiro atoms. The van der Waals surface area contributed by atoms with E-state index in [-0.39, 0.29) is 0 Å². The van der Waals surface area contributed by atoms with Gasteiger partial charge in [0.25, 0.3) is 0 Å². The number of allylic oxidation sites excluding steroid dienone is 4. The van der Waals surface area contributed by atoms with Gasteiger partial charge in [-0.2, -0.15) is 0 Å². The van der Waals surface area contributed by atoms with E-state index in [2.05, 4.69) is 11.6 Å². The molecule has 3 heteroatoms. The normalized spacial score (nSPS) is 12.4. The number of nitrogens with zero attached hydrogens (tertiary/aromatic N) is 1. The molecular weight excluding hydrogens is 200 g/mol. The molecule has 1 heterocycles. The van der Waals surface area contributed by atoms with Gasteiger partial charge in [0, 0.05) is 18.0 Å². The third-order valence-corrected chi connectivity index (χ3v) is 1.96. The van der Waals surface area contributed by atoms with Gasteiger partial charge in [0.15, 0.2) is 0 Å². The highest BCUT2D eigenvalue weighted by atomic mass is 16.5. The minimum atomic E-state index is 0.487. The Hall–Kier alpha value is -2.03. The Morgan fingerprint density at radius 2 is 2.31 bits per heavy atom. The van der Waals surface area contributed by atoms with Crippen molar-refractivity contribution in [3.05, 3.63) is 54.5 Å². The average molecular weight is 216 g/mol. The summed E-state index contributed by atoms with van der Waals surface area (Å²) in [7, 11) is 0. The predicted molar refractivity (Wildman–Crippen MR) is 67.0 cm³/mol. The Bertz CT molecular complexity index is 433. The highest BCUT2D eigenvalue weighted by molar-refractivity contribution is 5.40. The first-order valence-electron chi connectivity index (χ1n) is 5.02. The Morgan fingerprint density at radius 3 is 2.88 bits per heavy atom. The zero-order valence-electron chi connectivity index (χ0n) is 9.60. The summed E-state index contributed by atoms with van der Waals surface area (Å²) in [6.07, 6.45) is 7.12. The van der Waals surface area contributed by atoms with Crippen molar-refractivity contribution in [2.75, 3.05) is 5.73 Å². The number of rotatable bonds is 4. The largest absolute Gasteiger partial charge is 0.439 e. The van der Waals surface area contributed by atoms with Crippen LogP contribution >= 0.6 is 0 Å². The Morgan fingerprint density at radius 1 is 1.56 bits per heavy atom. The molecule has 0 saturated heterocycles. The fraction of sp³-hybridized carbons (Fsp3) is 0.154. The minimum Gasteiger partial charge on any atom is -0.439 e. The van der Waals surface area contributed by atoms with E-state index in [1.165, 1.54) is 0 Å². The maximum absolute atomic E-state index is 5.63. The van der Waals surface area contributed by atoms with Gasteiger partial charge in [-0.3, -0.25) is 0 Å². The van der Waals surface area contributed by atoms with Gasteiger partial charge in [-0.05, 0) is 37.6 Å². The van der Waals surface area contributed by atoms with Crippen LogP contribution in [0.4, 0.5) is 5.69 Å². The standard InChI is InChI=1S/C13H16N2O/c1-4-10(3)8-12(5-2)16-13-9-11(14)6-7-15-13/h4-9H,1H2,2-3H3,(H2,14,15)/b10-8-,12-5+. The molecule has 0 bridgehead atoms. The summed E-state index contributed by atoms with van der Waals surface area (Å²) in [6, 6.07) is 3.40. The fourth-order valence-corrected chi connectivity index (χ4v) is 1.06. The predicted octanol–water partition coefficient (Wildman–Crippen LogP) is 3.08. The van der Waals surface area contributed by atoms with Crippen molar-refractivity contribution in [3.63, 3.8) is 0 Å². The first kappa shape index (κ1) is 12.0. The Kier molecular flexibility index (Phi) is 4.33. The molecule has 0 amide bonds. The van der Waals surface area contributed by atoms with Gasteiger partial charge in [-0.1, -0.05) is 12.7 Å². The van der Waals surface area contributed by atoms with Crippen molar-refractivity contribution in [3.8, 4) is 5.88 Å². The first-order chi connectivity index (χ1) is 7.65. The quantitative estimate of drug-likeness (QED) is 0.621. The molecule has 84 valence electrons. The first-order valence-corrected chi connectivity index (χ1v) is 5.02. The maximum atomic E-state index is 5.63. The van der Waals surface area contributed by atoms with Crippen molar-refractivity contribution < 1.29 is 4.74 Å². The third-order valence-electron chi connectivity index (χ3n) is 1.96. The molecule has 1 aromatic rings. The van der Waals surface area contributed by atoms with Crippen LogP contribution in [0.3, 0.4) is 0 Å². The van der Waals surface area contributed by atoms with Crippen molar-refractivity contribution in [2.24, 2.45) is 0 Å². The second-order valence-electron chi connectivity index (χ2n) is 3.31. The van der Waals surface area contributed by atoms with Gasteiger partial charge in [0.05, 0.1) is 0 Å². The van der Waals surface area contributed by atoms with Gasteiger partial charge in [0.1, 0.15) is 5.76 Å². The number of ether oxygens (including phenoxy) is 1. The highest BCUT2D eigenvalue weighted by Crippen LogP contribution is 2.15. The van der Waals surface area contributed by atoms with Crippen molar-refractivity contribution in [1.82, 2.24) is 4.98 Å². The zero-order valence-corrected chi connectivity index (χ0v) is 9.60. The second kappa shape index (κ2) is 5.75. The molecule has 0 radical (unpaired) electrons. The number of anilines is 1. The molecule has 0 saturated carbocycles. The van der Waals surface area contributed by atoms with Crippen LogP contribution in [0.2, 0.25) is 0 Å². The third kappa shape index (κ3) is 3.61. The molecule has 0 aliphatic carbocycles. The van der Waals surface area contributed by atoms with Crippen LogP contribution in [0.5, 0.6) is 5.88 Å². The van der Waals surface area contributed by atoms with Crippen LogP contribution in [-0.2, 0) is 0 Å². The average Bonchev–Trinajstić information content (AvgIpc) is 2.28. The summed E-state index contributed by atoms with van der Waals surface area (Å²) in [5.41, 5.74) is 7.29. The maximum Gasteiger partial charge on any atom is 0.221 e. The van der Waals surface area contributed by atoms with Crippen LogP contribution in [-0.4, -0.2) is 4.98 Å². The lowest BCUT2D eigenvalue weighted by Gasteiger charge is -2.06. The van der Waals surface area contributed by atoms with E-state index < -0.39 is 0 Å². The van der Waals surface area contributed by atoms with Gasteiger partial charge in [0.2, 0.25) is 5.88 Å². The molecule has 16 heavy (non-hydrogen) atoms. The summed E-state index contributed by atoms with van der Waals surface area (Å²) in [5, 5.41) is 0. The second-order valence-corrected chi connectivity index (χ2v) is 3.31. The van der Waals surface area contributed by atoms with E-state index in [0.29, 0.717) is 11.6 Å². The van der Waals surface area contributed by atoms with E-state index in [1.807, 2.05) is 26.0 Å². The molecule has 0 fully saturated rings. The van der Waals surface area contributed by atoms with Crippen LogP contribution in [0, 0.1) is 0 Å². The van der Waals surface area contributed by atoms with Crippen LogP contribution in [0.15, 0.2) is 54.5 Å². The molecule has 0 aliphatic heterocycles. The lowest BCUT2D eigenvalue weighted by molar-refractivity contribution is 0.425. The van der Waals surface area contributed by atoms with E-state index in [4.69, 9.17) is 10.5 Å². The van der Waals surface area contributed by atoms with E-state index in [1.54, 1.807) is 24.4 Å². The van der Waals surface area contributed by atoms with Gasteiger partial charge < -0.3 is 10.5 Å². The molecule has 0 aliphatic rings. The number of nitrogen functional groups attached to an aromatic ring is 1. The monoisotopic (exact) mass is 216 g/mol. The Labute approximate surface area is 96.0 Å². The fourth-order valence-electron chi connectivity index (χ4n) is 1.06. The number of aromatic nitrogens is 1. The molecule has 0 atom stereocenters. The van der Waals surface area contributed by atoms with Crippen molar-refractivity contribution in [2.45, 2.75) is 13.8 Å². The van der Waals surface area contributed by atoms with E-state index in [9.17, 15) is 0 Å². The van der Waals surface area contributed by atoms with E-state index in [0.717, 1.165) is 11.3 Å². The van der Waals surface area contributed by atoms with E-state index >= 15 is 0 Å². The molecular formula is C13H16N2O. The molecule has 2 N–H and O–H groups in total. The minimum absolute atomic E-state index is 0.487. The lowest BCUT2D eigenvalue weighted by Crippen LogP contribution is -1.96. The summed E-state index contributed by atoms with van der Waals surface area (Å²) in [5.74, 6) is 1.21. The van der Waals surface area contributed by atoms with Gasteiger partial charge in [-0.25, -0.2) is 4.98 Å². The van der Waals surface area contributed by atoms with Gasteiger partial charge >= 0.3 is 0 Å². The zero-order chi connectivity index (χ0) is 12.0. The molecule has 1 aromatic heterocycles. The molecule has 0 aromatic carbocycles. The molecule has 0 unspecified atom stereocenters.